The summed E-state index contributed by atoms with van der Waals surface area (Å²) in [6.45, 7) is 0.623. The van der Waals surface area contributed by atoms with Crippen molar-refractivity contribution in [1.82, 2.24) is 29.3 Å². The van der Waals surface area contributed by atoms with Crippen molar-refractivity contribution in [3.05, 3.63) is 59.3 Å². The Bertz CT molecular complexity index is 1350. The van der Waals surface area contributed by atoms with Gasteiger partial charge in [-0.15, -0.1) is 10.2 Å². The molecule has 1 aliphatic heterocycles. The topological polar surface area (TPSA) is 136 Å². The Labute approximate surface area is 176 Å². The molecule has 0 unspecified atom stereocenters. The van der Waals surface area contributed by atoms with Gasteiger partial charge in [0.05, 0.1) is 10.4 Å². The van der Waals surface area contributed by atoms with Crippen LogP contribution in [0.1, 0.15) is 12.8 Å². The van der Waals surface area contributed by atoms with Crippen molar-refractivity contribution in [2.75, 3.05) is 13.1 Å². The van der Waals surface area contributed by atoms with Gasteiger partial charge in [-0.25, -0.2) is 17.9 Å². The Balaban J connectivity index is 1.23. The molecular formula is C19H18N6O5S. The summed E-state index contributed by atoms with van der Waals surface area (Å²) in [4.78, 5) is 13.9. The second kappa shape index (κ2) is 7.63. The van der Waals surface area contributed by atoms with Crippen molar-refractivity contribution in [2.45, 2.75) is 23.8 Å². The van der Waals surface area contributed by atoms with E-state index in [1.165, 1.54) is 22.5 Å². The molecule has 1 aliphatic rings. The number of nitrogens with zero attached hydrogens (tertiary/aromatic N) is 5. The first kappa shape index (κ1) is 19.5. The molecule has 0 atom stereocenters. The van der Waals surface area contributed by atoms with Gasteiger partial charge < -0.3 is 9.15 Å². The highest BCUT2D eigenvalue weighted by Gasteiger charge is 2.30. The number of piperidine rings is 1. The van der Waals surface area contributed by atoms with Gasteiger partial charge in [-0.05, 0) is 43.2 Å². The smallest absolute Gasteiger partial charge is 0.417 e. The maximum Gasteiger partial charge on any atom is 0.417 e. The molecule has 0 radical (unpaired) electrons. The molecule has 1 N–H and O–H groups in total. The fourth-order valence-corrected chi connectivity index (χ4v) is 5.00. The van der Waals surface area contributed by atoms with E-state index >= 15 is 0 Å². The average molecular weight is 442 g/mol. The highest BCUT2D eigenvalue weighted by atomic mass is 32.2. The zero-order valence-electron chi connectivity index (χ0n) is 16.2. The van der Waals surface area contributed by atoms with E-state index in [9.17, 15) is 13.2 Å². The maximum atomic E-state index is 13.0. The second-order valence-corrected chi connectivity index (χ2v) is 9.01. The lowest BCUT2D eigenvalue weighted by Crippen LogP contribution is -2.41. The van der Waals surface area contributed by atoms with Crippen LogP contribution in [-0.4, -0.2) is 56.9 Å². The molecule has 5 rings (SSSR count). The number of hydrogen-bond acceptors (Lipinski definition) is 8. The highest BCUT2D eigenvalue weighted by Crippen LogP contribution is 2.25. The molecule has 160 valence electrons. The molecule has 4 aromatic rings. The van der Waals surface area contributed by atoms with Crippen LogP contribution in [0.15, 0.2) is 62.9 Å². The van der Waals surface area contributed by atoms with Gasteiger partial charge in [-0.2, -0.15) is 9.40 Å². The van der Waals surface area contributed by atoms with Crippen LogP contribution in [0.5, 0.6) is 5.88 Å². The molecule has 0 aliphatic carbocycles. The number of benzene rings is 1. The number of aromatic amines is 1. The Hall–Kier alpha value is -3.51. The van der Waals surface area contributed by atoms with Crippen LogP contribution in [0.4, 0.5) is 0 Å². The summed E-state index contributed by atoms with van der Waals surface area (Å²) in [7, 11) is -3.69. The number of oxazole rings is 1. The minimum Gasteiger partial charge on any atom is -0.473 e. The summed E-state index contributed by atoms with van der Waals surface area (Å²) in [5, 5.41) is 12.3. The van der Waals surface area contributed by atoms with Gasteiger partial charge in [-0.1, -0.05) is 0 Å². The van der Waals surface area contributed by atoms with Gasteiger partial charge in [0.2, 0.25) is 15.9 Å². The van der Waals surface area contributed by atoms with Crippen molar-refractivity contribution in [3.63, 3.8) is 0 Å². The second-order valence-electron chi connectivity index (χ2n) is 7.07. The molecule has 31 heavy (non-hydrogen) atoms. The quantitative estimate of drug-likeness (QED) is 0.489. The fraction of sp³-hybridized carbons (Fsp3) is 0.263. The molecule has 0 saturated carbocycles. The van der Waals surface area contributed by atoms with Gasteiger partial charge in [0.25, 0.3) is 0 Å². The van der Waals surface area contributed by atoms with Gasteiger partial charge in [0.1, 0.15) is 6.10 Å². The monoisotopic (exact) mass is 442 g/mol. The standard InChI is InChI=1S/C19H18N6O5S/c26-19-21-15-12-14(2-3-16(15)30-19)31(27,28)24-10-6-13(7-11-24)29-18-5-4-17(22-23-18)25-9-1-8-20-25/h1-5,8-9,12-13H,6-7,10-11H2,(H,21,26). The lowest BCUT2D eigenvalue weighted by Gasteiger charge is -2.31. The summed E-state index contributed by atoms with van der Waals surface area (Å²) in [5.41, 5.74) is 0.664. The predicted octanol–water partition coefficient (Wildman–Crippen LogP) is 1.33. The zero-order chi connectivity index (χ0) is 21.4. The van der Waals surface area contributed by atoms with E-state index in [-0.39, 0.29) is 11.0 Å². The molecule has 0 amide bonds. The first-order valence-electron chi connectivity index (χ1n) is 9.62. The summed E-state index contributed by atoms with van der Waals surface area (Å²) in [5.74, 6) is 0.337. The van der Waals surface area contributed by atoms with Crippen LogP contribution in [0.25, 0.3) is 16.9 Å². The van der Waals surface area contributed by atoms with Crippen molar-refractivity contribution >= 4 is 21.1 Å². The number of sulfonamides is 1. The third kappa shape index (κ3) is 3.82. The first-order valence-corrected chi connectivity index (χ1v) is 11.1. The molecule has 12 heteroatoms. The molecule has 1 fully saturated rings. The Morgan fingerprint density at radius 2 is 1.97 bits per heavy atom. The van der Waals surface area contributed by atoms with Crippen LogP contribution in [0, 0.1) is 0 Å². The molecule has 0 spiro atoms. The number of hydrogen-bond donors (Lipinski definition) is 1. The van der Waals surface area contributed by atoms with E-state index in [0.717, 1.165) is 0 Å². The van der Waals surface area contributed by atoms with E-state index in [4.69, 9.17) is 9.15 Å². The van der Waals surface area contributed by atoms with Crippen molar-refractivity contribution in [1.29, 1.82) is 0 Å². The van der Waals surface area contributed by atoms with E-state index in [0.29, 0.717) is 48.7 Å². The van der Waals surface area contributed by atoms with E-state index in [2.05, 4.69) is 20.3 Å². The normalized spacial score (nSPS) is 16.0. The Morgan fingerprint density at radius 1 is 1.13 bits per heavy atom. The van der Waals surface area contributed by atoms with Gasteiger partial charge in [-0.3, -0.25) is 4.98 Å². The van der Waals surface area contributed by atoms with E-state index in [1.54, 1.807) is 35.3 Å². The molecular weight excluding hydrogens is 424 g/mol. The molecule has 4 heterocycles. The number of fused-ring (bicyclic) bond motifs is 1. The molecule has 3 aromatic heterocycles. The maximum absolute atomic E-state index is 13.0. The van der Waals surface area contributed by atoms with Crippen LogP contribution in [0.2, 0.25) is 0 Å². The first-order chi connectivity index (χ1) is 15.0. The van der Waals surface area contributed by atoms with Gasteiger partial charge in [0, 0.05) is 31.5 Å². The lowest BCUT2D eigenvalue weighted by molar-refractivity contribution is 0.128. The van der Waals surface area contributed by atoms with Gasteiger partial charge >= 0.3 is 5.76 Å². The summed E-state index contributed by atoms with van der Waals surface area (Å²) < 4.78 is 39.8. The third-order valence-corrected chi connectivity index (χ3v) is 6.98. The predicted molar refractivity (Wildman–Crippen MR) is 108 cm³/mol. The van der Waals surface area contributed by atoms with Crippen molar-refractivity contribution in [2.24, 2.45) is 0 Å². The third-order valence-electron chi connectivity index (χ3n) is 5.08. The average Bonchev–Trinajstić information content (AvgIpc) is 3.43. The molecule has 11 nitrogen and oxygen atoms in total. The van der Waals surface area contributed by atoms with Crippen molar-refractivity contribution in [3.8, 4) is 11.7 Å². The Kier molecular flexibility index (Phi) is 4.79. The lowest BCUT2D eigenvalue weighted by atomic mass is 10.1. The summed E-state index contributed by atoms with van der Waals surface area (Å²) in [6, 6.07) is 9.59. The van der Waals surface area contributed by atoms with Gasteiger partial charge in [0.15, 0.2) is 11.4 Å². The molecule has 1 aromatic carbocycles. The number of rotatable bonds is 5. The zero-order valence-corrected chi connectivity index (χ0v) is 17.0. The number of nitrogens with one attached hydrogen (secondary N) is 1. The van der Waals surface area contributed by atoms with Crippen LogP contribution < -0.4 is 10.5 Å². The Morgan fingerprint density at radius 3 is 2.68 bits per heavy atom. The van der Waals surface area contributed by atoms with Crippen molar-refractivity contribution < 1.29 is 17.6 Å². The minimum absolute atomic E-state index is 0.108. The van der Waals surface area contributed by atoms with Crippen LogP contribution in [0.3, 0.4) is 0 Å². The summed E-state index contributed by atoms with van der Waals surface area (Å²) in [6.07, 6.45) is 4.30. The van der Waals surface area contributed by atoms with E-state index < -0.39 is 15.8 Å². The summed E-state index contributed by atoms with van der Waals surface area (Å²) >= 11 is 0. The SMILES string of the molecule is O=c1[nH]c2cc(S(=O)(=O)N3CCC(Oc4ccc(-n5cccn5)nn4)CC3)ccc2o1. The number of H-pyrrole nitrogens is 1. The molecule has 0 bridgehead atoms. The minimum atomic E-state index is -3.69. The molecule has 1 saturated heterocycles. The fourth-order valence-electron chi connectivity index (χ4n) is 3.50. The van der Waals surface area contributed by atoms with E-state index in [1.807, 2.05) is 0 Å². The number of ether oxygens (including phenoxy) is 1. The highest BCUT2D eigenvalue weighted by molar-refractivity contribution is 7.89. The van der Waals surface area contributed by atoms with Crippen LogP contribution in [-0.2, 0) is 10.0 Å². The number of aromatic nitrogens is 5. The largest absolute Gasteiger partial charge is 0.473 e. The van der Waals surface area contributed by atoms with Crippen LogP contribution >= 0.6 is 0 Å².